The van der Waals surface area contributed by atoms with Crippen LogP contribution in [0.4, 0.5) is 0 Å². The minimum Gasteiger partial charge on any atom is -0.497 e. The molecule has 2 bridgehead atoms. The molecule has 15 atom stereocenters. The standard InChI is InChI=1S/C58H93NO14Si/c1-16-41-27-35(2)26-36(3)28-50(68-12)53-51(69-13)30-38(5)58(65,72-53)54(62)55(63)59-25-18-17-22-44(59)56(64)71-52(39(6)48(33-45(41)60)73-74(14,15)57(7,8)9)37(4)29-40-23-24-47(49(31-40)67-11)70-34-46(61)42-20-19-21-43(32-42)66-10/h19-21,27,29,32,36,38-41,44,46-53,61,65H,16-18,22-26,28,30-31,33-34H2,1-15H3. The van der Waals surface area contributed by atoms with Crippen LogP contribution in [0.5, 0.6) is 5.75 Å². The number of ketones is 2. The first-order valence-electron chi connectivity index (χ1n) is 27.4. The van der Waals surface area contributed by atoms with E-state index in [2.05, 4.69) is 52.9 Å². The van der Waals surface area contributed by atoms with Gasteiger partial charge in [-0.25, -0.2) is 4.79 Å². The normalized spacial score (nSPS) is 34.5. The van der Waals surface area contributed by atoms with Crippen molar-refractivity contribution in [2.75, 3.05) is 41.6 Å². The highest BCUT2D eigenvalue weighted by Crippen LogP contribution is 2.42. The molecule has 3 fully saturated rings. The van der Waals surface area contributed by atoms with E-state index in [4.69, 9.17) is 37.6 Å². The van der Waals surface area contributed by atoms with E-state index in [1.54, 1.807) is 41.4 Å². The molecule has 16 heteroatoms. The summed E-state index contributed by atoms with van der Waals surface area (Å²) in [5.41, 5.74) is 2.49. The van der Waals surface area contributed by atoms with Crippen molar-refractivity contribution in [1.82, 2.24) is 4.90 Å². The average Bonchev–Trinajstić information content (AvgIpc) is 3.37. The maximum Gasteiger partial charge on any atom is 0.329 e. The highest BCUT2D eigenvalue weighted by Gasteiger charge is 2.57. The Balaban J connectivity index is 1.56. The molecule has 3 aliphatic heterocycles. The lowest BCUT2D eigenvalue weighted by atomic mass is 9.81. The van der Waals surface area contributed by atoms with Crippen molar-refractivity contribution in [3.8, 4) is 5.75 Å². The fourth-order valence-electron chi connectivity index (χ4n) is 11.4. The van der Waals surface area contributed by atoms with Gasteiger partial charge < -0.3 is 52.7 Å². The summed E-state index contributed by atoms with van der Waals surface area (Å²) in [7, 11) is 3.78. The number of hydrogen-bond donors (Lipinski definition) is 2. The van der Waals surface area contributed by atoms with Crippen LogP contribution in [-0.2, 0) is 52.0 Å². The number of hydrogen-bond acceptors (Lipinski definition) is 14. The molecule has 1 saturated carbocycles. The number of piperidine rings is 1. The zero-order chi connectivity index (χ0) is 54.9. The molecule has 3 heterocycles. The largest absolute Gasteiger partial charge is 0.497 e. The first kappa shape index (κ1) is 61.5. The Morgan fingerprint density at radius 1 is 0.905 bits per heavy atom. The van der Waals surface area contributed by atoms with Crippen LogP contribution in [0, 0.1) is 29.6 Å². The number of rotatable bonds is 13. The van der Waals surface area contributed by atoms with Gasteiger partial charge in [-0.1, -0.05) is 78.3 Å². The van der Waals surface area contributed by atoms with E-state index >= 15 is 4.79 Å². The predicted molar refractivity (Wildman–Crippen MR) is 286 cm³/mol. The Kier molecular flexibility index (Phi) is 22.3. The van der Waals surface area contributed by atoms with Crippen molar-refractivity contribution < 1.29 is 67.0 Å². The minimum absolute atomic E-state index is 0.0108. The third-order valence-corrected chi connectivity index (χ3v) is 21.5. The lowest BCUT2D eigenvalue weighted by molar-refractivity contribution is -0.302. The number of ether oxygens (including phenoxy) is 7. The number of aliphatic hydroxyl groups is 2. The van der Waals surface area contributed by atoms with Crippen molar-refractivity contribution in [1.29, 1.82) is 0 Å². The minimum atomic E-state index is -2.57. The van der Waals surface area contributed by atoms with Crippen LogP contribution in [0.3, 0.4) is 0 Å². The molecule has 4 aliphatic rings. The first-order valence-corrected chi connectivity index (χ1v) is 30.3. The lowest BCUT2D eigenvalue weighted by Gasteiger charge is -2.47. The van der Waals surface area contributed by atoms with E-state index in [1.165, 1.54) is 4.90 Å². The Bertz CT molecular complexity index is 2100. The summed E-state index contributed by atoms with van der Waals surface area (Å²) in [5, 5.41) is 23.1. The molecule has 0 aromatic heterocycles. The number of cyclic esters (lactones) is 1. The lowest BCUT2D eigenvalue weighted by Crippen LogP contribution is -2.64. The molecule has 1 aliphatic carbocycles. The zero-order valence-corrected chi connectivity index (χ0v) is 48.5. The van der Waals surface area contributed by atoms with Gasteiger partial charge in [0.15, 0.2) is 8.32 Å². The first-order chi connectivity index (χ1) is 34.8. The van der Waals surface area contributed by atoms with Gasteiger partial charge in [0.2, 0.25) is 5.79 Å². The fourth-order valence-corrected chi connectivity index (χ4v) is 12.8. The summed E-state index contributed by atoms with van der Waals surface area (Å²) in [6.07, 6.45) is 4.54. The van der Waals surface area contributed by atoms with Gasteiger partial charge >= 0.3 is 5.97 Å². The van der Waals surface area contributed by atoms with Crippen LogP contribution in [0.15, 0.2) is 47.6 Å². The molecule has 0 radical (unpaired) electrons. The van der Waals surface area contributed by atoms with Gasteiger partial charge in [0, 0.05) is 52.0 Å². The van der Waals surface area contributed by atoms with E-state index in [-0.39, 0.29) is 67.3 Å². The second-order valence-electron chi connectivity index (χ2n) is 23.6. The molecule has 74 heavy (non-hydrogen) atoms. The van der Waals surface area contributed by atoms with Gasteiger partial charge in [-0.2, -0.15) is 0 Å². The summed E-state index contributed by atoms with van der Waals surface area (Å²) < 4.78 is 50.0. The van der Waals surface area contributed by atoms with E-state index in [9.17, 15) is 24.6 Å². The molecule has 1 aromatic carbocycles. The van der Waals surface area contributed by atoms with Crippen molar-refractivity contribution >= 4 is 31.8 Å². The highest BCUT2D eigenvalue weighted by molar-refractivity contribution is 6.74. The predicted octanol–water partition coefficient (Wildman–Crippen LogP) is 9.27. The molecular formula is C58H93NO14Si. The molecule has 1 aromatic rings. The number of fused-ring (bicyclic) bond motifs is 3. The number of benzene rings is 1. The highest BCUT2D eigenvalue weighted by atomic mass is 28.4. The Hall–Kier alpha value is -3.32. The number of nitrogens with zero attached hydrogens (tertiary/aromatic N) is 1. The number of carbonyl (C=O) groups is 4. The maximum atomic E-state index is 15.0. The number of amides is 1. The van der Waals surface area contributed by atoms with Gasteiger partial charge in [-0.3, -0.25) is 14.4 Å². The average molecular weight is 1060 g/mol. The summed E-state index contributed by atoms with van der Waals surface area (Å²) >= 11 is 0. The van der Waals surface area contributed by atoms with E-state index < -0.39 is 92.2 Å². The van der Waals surface area contributed by atoms with Crippen molar-refractivity contribution in [3.63, 3.8) is 0 Å². The Morgan fingerprint density at radius 2 is 1.58 bits per heavy atom. The van der Waals surface area contributed by atoms with Crippen LogP contribution >= 0.6 is 0 Å². The van der Waals surface area contributed by atoms with E-state index in [0.29, 0.717) is 56.3 Å². The third-order valence-electron chi connectivity index (χ3n) is 17.0. The summed E-state index contributed by atoms with van der Waals surface area (Å²) in [5.74, 6) is -6.42. The van der Waals surface area contributed by atoms with E-state index in [1.807, 2.05) is 45.9 Å². The molecule has 1 amide bonds. The number of carbonyl (C=O) groups excluding carboxylic acids is 4. The third kappa shape index (κ3) is 15.0. The second kappa shape index (κ2) is 26.8. The van der Waals surface area contributed by atoms with Gasteiger partial charge in [0.05, 0.1) is 44.2 Å². The van der Waals surface area contributed by atoms with Crippen LogP contribution in [0.25, 0.3) is 0 Å². The summed E-state index contributed by atoms with van der Waals surface area (Å²) in [6, 6.07) is 6.15. The summed E-state index contributed by atoms with van der Waals surface area (Å²) in [6.45, 7) is 22.7. The van der Waals surface area contributed by atoms with Gasteiger partial charge in [0.1, 0.15) is 35.9 Å². The van der Waals surface area contributed by atoms with Gasteiger partial charge in [0.25, 0.3) is 11.7 Å². The monoisotopic (exact) mass is 1060 g/mol. The number of esters is 1. The fraction of sp³-hybridized carbons (Fsp3) is 0.759. The number of aliphatic hydroxyl groups excluding tert-OH is 1. The van der Waals surface area contributed by atoms with Gasteiger partial charge in [-0.05, 0) is 131 Å². The number of Topliss-reactive ketones (excluding diaryl/α,β-unsaturated/α-hetero) is 2. The van der Waals surface area contributed by atoms with Crippen molar-refractivity contribution in [2.24, 2.45) is 29.6 Å². The van der Waals surface area contributed by atoms with Crippen LogP contribution in [0.2, 0.25) is 18.1 Å². The molecule has 15 unspecified atom stereocenters. The molecule has 0 spiro atoms. The smallest absolute Gasteiger partial charge is 0.329 e. The van der Waals surface area contributed by atoms with Crippen LogP contribution < -0.4 is 4.74 Å². The molecule has 2 saturated heterocycles. The Morgan fingerprint density at radius 3 is 2.22 bits per heavy atom. The van der Waals surface area contributed by atoms with Crippen molar-refractivity contribution in [2.45, 2.75) is 212 Å². The molecule has 5 rings (SSSR count). The molecule has 15 nitrogen and oxygen atoms in total. The quantitative estimate of drug-likeness (QED) is 0.0824. The molecule has 418 valence electrons. The second-order valence-corrected chi connectivity index (χ2v) is 28.4. The molecular weight excluding hydrogens is 963 g/mol. The van der Waals surface area contributed by atoms with Gasteiger partial charge in [-0.15, -0.1) is 0 Å². The number of allylic oxidation sites excluding steroid dienone is 3. The Labute approximate surface area is 443 Å². The topological polar surface area (TPSA) is 186 Å². The van der Waals surface area contributed by atoms with Crippen LogP contribution in [-0.4, -0.2) is 143 Å². The maximum absolute atomic E-state index is 15.0. The SMILES string of the molecule is CCC1C=C(C)CC(C)CC(OC)C2OC(O)(C(=O)C(=O)N3CCCCC3C(=O)OC(C(C)=CC3CCC(OCC(O)c4cccc(OC)c4)C(OC)C3)C(C)C(O[Si](C)(C)C(C)(C)C)CC1=O)C(C)CC2OC. The number of methoxy groups -OCH3 is 4. The van der Waals surface area contributed by atoms with Crippen LogP contribution in [0.1, 0.15) is 145 Å². The van der Waals surface area contributed by atoms with E-state index in [0.717, 1.165) is 17.6 Å². The summed E-state index contributed by atoms with van der Waals surface area (Å²) in [4.78, 5) is 60.3. The zero-order valence-electron chi connectivity index (χ0n) is 47.5. The van der Waals surface area contributed by atoms with Crippen molar-refractivity contribution in [3.05, 3.63) is 53.1 Å². The molecule has 2 N–H and O–H groups in total.